The van der Waals surface area contributed by atoms with E-state index in [9.17, 15) is 0 Å². The molecule has 3 N–H and O–H groups in total. The van der Waals surface area contributed by atoms with E-state index < -0.39 is 0 Å². The van der Waals surface area contributed by atoms with E-state index in [0.29, 0.717) is 29.4 Å². The van der Waals surface area contributed by atoms with Crippen LogP contribution in [0.2, 0.25) is 0 Å². The molecule has 0 fully saturated rings. The highest BCUT2D eigenvalue weighted by atomic mass is 32.2. The maximum absolute atomic E-state index is 7.77. The molecule has 0 heterocycles. The number of rotatable bonds is 6. The minimum atomic E-state index is -0.0103. The summed E-state index contributed by atoms with van der Waals surface area (Å²) in [5.74, 6) is 1.83. The van der Waals surface area contributed by atoms with E-state index in [1.807, 2.05) is 49.6 Å². The summed E-state index contributed by atoms with van der Waals surface area (Å²) < 4.78 is 11.5. The molecule has 2 aromatic carbocycles. The fourth-order valence-corrected chi connectivity index (χ4v) is 2.59. The molecule has 4 nitrogen and oxygen atoms in total. The molecule has 0 saturated carbocycles. The zero-order valence-corrected chi connectivity index (χ0v) is 12.9. The zero-order valence-electron chi connectivity index (χ0n) is 12.1. The summed E-state index contributed by atoms with van der Waals surface area (Å²) in [5.41, 5.74) is 6.31. The van der Waals surface area contributed by atoms with Crippen molar-refractivity contribution in [3.05, 3.63) is 48.0 Å². The Hall–Kier alpha value is -2.14. The Bertz CT molecular complexity index is 644. The Kier molecular flexibility index (Phi) is 5.11. The molecule has 110 valence electrons. The lowest BCUT2D eigenvalue weighted by atomic mass is 10.2. The largest absolute Gasteiger partial charge is 0.490 e. The average Bonchev–Trinajstić information content (AvgIpc) is 2.49. The van der Waals surface area contributed by atoms with Gasteiger partial charge >= 0.3 is 0 Å². The van der Waals surface area contributed by atoms with Crippen molar-refractivity contribution in [2.45, 2.75) is 11.8 Å². The molecule has 0 aromatic heterocycles. The highest BCUT2D eigenvalue weighted by Crippen LogP contribution is 2.35. The monoisotopic (exact) mass is 302 g/mol. The minimum Gasteiger partial charge on any atom is -0.490 e. The van der Waals surface area contributed by atoms with E-state index in [1.165, 1.54) is 11.8 Å². The first-order valence-corrected chi connectivity index (χ1v) is 7.81. The summed E-state index contributed by atoms with van der Waals surface area (Å²) in [6.07, 6.45) is 1.94. The van der Waals surface area contributed by atoms with Gasteiger partial charge in [-0.2, -0.15) is 0 Å². The van der Waals surface area contributed by atoms with Gasteiger partial charge in [0.15, 0.2) is 11.5 Å². The molecular formula is C16H18N2O2S. The van der Waals surface area contributed by atoms with E-state index in [1.54, 1.807) is 6.07 Å². The number of thioether (sulfide) groups is 1. The van der Waals surface area contributed by atoms with Crippen molar-refractivity contribution < 1.29 is 9.47 Å². The van der Waals surface area contributed by atoms with Crippen LogP contribution in [0.15, 0.2) is 47.4 Å². The lowest BCUT2D eigenvalue weighted by molar-refractivity contribution is 0.321. The second-order valence-electron chi connectivity index (χ2n) is 4.23. The van der Waals surface area contributed by atoms with Crippen LogP contribution in [0, 0.1) is 5.41 Å². The second-order valence-corrected chi connectivity index (χ2v) is 5.08. The number of ether oxygens (including phenoxy) is 2. The van der Waals surface area contributed by atoms with Gasteiger partial charge in [-0.15, -0.1) is 11.8 Å². The molecule has 2 aromatic rings. The molecule has 0 aliphatic rings. The predicted octanol–water partition coefficient (Wildman–Crippen LogP) is 3.88. The number of amidine groups is 1. The van der Waals surface area contributed by atoms with Crippen molar-refractivity contribution in [1.82, 2.24) is 0 Å². The van der Waals surface area contributed by atoms with Gasteiger partial charge in [-0.05, 0) is 37.4 Å². The van der Waals surface area contributed by atoms with Crippen LogP contribution in [0.1, 0.15) is 12.5 Å². The number of benzene rings is 2. The maximum Gasteiger partial charge on any atom is 0.169 e. The fourth-order valence-electron chi connectivity index (χ4n) is 1.96. The standard InChI is InChI=1S/C16H18N2O2S/c1-3-19-11-7-4-5-8-12(11)20-13-9-6-10-14(21-2)15(13)16(17)18/h4-10H,3H2,1-2H3,(H3,17,18). The third kappa shape index (κ3) is 3.49. The number of nitrogens with two attached hydrogens (primary N) is 1. The first-order chi connectivity index (χ1) is 10.2. The summed E-state index contributed by atoms with van der Waals surface area (Å²) in [6, 6.07) is 13.1. The normalized spacial score (nSPS) is 10.2. The van der Waals surface area contributed by atoms with Crippen LogP contribution in [0.3, 0.4) is 0 Å². The molecule has 0 radical (unpaired) electrons. The van der Waals surface area contributed by atoms with Gasteiger partial charge in [0.2, 0.25) is 0 Å². The second kappa shape index (κ2) is 7.04. The number of hydrogen-bond donors (Lipinski definition) is 2. The lowest BCUT2D eigenvalue weighted by Crippen LogP contribution is -2.13. The number of nitrogens with one attached hydrogen (secondary N) is 1. The zero-order chi connectivity index (χ0) is 15.2. The van der Waals surface area contributed by atoms with Crippen LogP contribution in [0.4, 0.5) is 0 Å². The van der Waals surface area contributed by atoms with Crippen LogP contribution >= 0.6 is 11.8 Å². The van der Waals surface area contributed by atoms with Gasteiger partial charge in [-0.3, -0.25) is 5.41 Å². The average molecular weight is 302 g/mol. The van der Waals surface area contributed by atoms with E-state index >= 15 is 0 Å². The van der Waals surface area contributed by atoms with E-state index in [4.69, 9.17) is 20.6 Å². The molecule has 21 heavy (non-hydrogen) atoms. The van der Waals surface area contributed by atoms with Crippen LogP contribution in [0.5, 0.6) is 17.2 Å². The van der Waals surface area contributed by atoms with Gasteiger partial charge in [-0.25, -0.2) is 0 Å². The Morgan fingerprint density at radius 3 is 2.38 bits per heavy atom. The third-order valence-corrected chi connectivity index (χ3v) is 3.63. The van der Waals surface area contributed by atoms with Crippen molar-refractivity contribution in [1.29, 1.82) is 5.41 Å². The van der Waals surface area contributed by atoms with Crippen molar-refractivity contribution in [3.63, 3.8) is 0 Å². The van der Waals surface area contributed by atoms with Gasteiger partial charge in [0.1, 0.15) is 11.6 Å². The molecule has 5 heteroatoms. The molecule has 0 aliphatic heterocycles. The Morgan fingerprint density at radius 2 is 1.76 bits per heavy atom. The maximum atomic E-state index is 7.77. The third-order valence-electron chi connectivity index (χ3n) is 2.85. The van der Waals surface area contributed by atoms with Crippen molar-refractivity contribution in [2.75, 3.05) is 12.9 Å². The van der Waals surface area contributed by atoms with Crippen LogP contribution < -0.4 is 15.2 Å². The number of nitrogen functional groups attached to an aromatic ring is 1. The highest BCUT2D eigenvalue weighted by Gasteiger charge is 2.14. The molecule has 0 spiro atoms. The Morgan fingerprint density at radius 1 is 1.10 bits per heavy atom. The number of hydrogen-bond acceptors (Lipinski definition) is 4. The Balaban J connectivity index is 2.42. The lowest BCUT2D eigenvalue weighted by Gasteiger charge is -2.15. The van der Waals surface area contributed by atoms with Crippen molar-refractivity contribution in [3.8, 4) is 17.2 Å². The van der Waals surface area contributed by atoms with Gasteiger partial charge in [0.05, 0.1) is 12.2 Å². The molecular weight excluding hydrogens is 284 g/mol. The molecule has 0 atom stereocenters. The van der Waals surface area contributed by atoms with Crippen LogP contribution in [-0.2, 0) is 0 Å². The summed E-state index contributed by atoms with van der Waals surface area (Å²) in [5, 5.41) is 7.77. The smallest absolute Gasteiger partial charge is 0.169 e. The summed E-state index contributed by atoms with van der Waals surface area (Å²) in [7, 11) is 0. The summed E-state index contributed by atoms with van der Waals surface area (Å²) in [6.45, 7) is 2.48. The highest BCUT2D eigenvalue weighted by molar-refractivity contribution is 7.98. The van der Waals surface area contributed by atoms with E-state index in [0.717, 1.165) is 4.90 Å². The van der Waals surface area contributed by atoms with Gasteiger partial charge in [-0.1, -0.05) is 18.2 Å². The van der Waals surface area contributed by atoms with Gasteiger partial charge < -0.3 is 15.2 Å². The molecule has 0 unspecified atom stereocenters. The van der Waals surface area contributed by atoms with Gasteiger partial charge in [0, 0.05) is 4.90 Å². The molecule has 0 amide bonds. The minimum absolute atomic E-state index is 0.0103. The fraction of sp³-hybridized carbons (Fsp3) is 0.188. The molecule has 0 aliphatic carbocycles. The summed E-state index contributed by atoms with van der Waals surface area (Å²) in [4.78, 5) is 0.911. The van der Waals surface area contributed by atoms with Crippen LogP contribution in [-0.4, -0.2) is 18.7 Å². The van der Waals surface area contributed by atoms with Crippen LogP contribution in [0.25, 0.3) is 0 Å². The quantitative estimate of drug-likeness (QED) is 0.482. The Labute approximate surface area is 128 Å². The van der Waals surface area contributed by atoms with Gasteiger partial charge in [0.25, 0.3) is 0 Å². The van der Waals surface area contributed by atoms with Crippen molar-refractivity contribution >= 4 is 17.6 Å². The SMILES string of the molecule is CCOc1ccccc1Oc1cccc(SC)c1C(=N)N. The van der Waals surface area contributed by atoms with Crippen molar-refractivity contribution in [2.24, 2.45) is 5.73 Å². The molecule has 0 saturated heterocycles. The van der Waals surface area contributed by atoms with E-state index in [-0.39, 0.29) is 5.84 Å². The number of para-hydroxylation sites is 2. The predicted molar refractivity (Wildman–Crippen MR) is 86.9 cm³/mol. The molecule has 2 rings (SSSR count). The van der Waals surface area contributed by atoms with E-state index in [2.05, 4.69) is 0 Å². The first-order valence-electron chi connectivity index (χ1n) is 6.58. The summed E-state index contributed by atoms with van der Waals surface area (Å²) >= 11 is 1.53. The topological polar surface area (TPSA) is 68.3 Å². The first kappa shape index (κ1) is 15.3. The molecule has 0 bridgehead atoms.